The van der Waals surface area contributed by atoms with Gasteiger partial charge >= 0.3 is 6.18 Å². The molecule has 2 N–H and O–H groups in total. The van der Waals surface area contributed by atoms with Crippen molar-refractivity contribution in [3.63, 3.8) is 0 Å². The van der Waals surface area contributed by atoms with Gasteiger partial charge in [-0.3, -0.25) is 0 Å². The smallest absolute Gasteiger partial charge is 0.373 e. The average Bonchev–Trinajstić information content (AvgIpc) is 2.07. The van der Waals surface area contributed by atoms with Crippen molar-refractivity contribution in [3.8, 4) is 0 Å². The molecule has 1 heterocycles. The molecule has 0 aromatic carbocycles. The molecule has 0 bridgehead atoms. The Morgan fingerprint density at radius 2 is 1.83 bits per heavy atom. The van der Waals surface area contributed by atoms with Gasteiger partial charge in [0.1, 0.15) is 5.54 Å². The maximum atomic E-state index is 12.4. The van der Waals surface area contributed by atoms with E-state index >= 15 is 0 Å². The number of hydrogen-bond donors (Lipinski definition) is 1. The lowest BCUT2D eigenvalue weighted by atomic mass is 9.82. The lowest BCUT2D eigenvalue weighted by Crippen LogP contribution is -2.63. The molecule has 1 aliphatic rings. The molecule has 0 aromatic rings. The van der Waals surface area contributed by atoms with E-state index in [1.165, 1.54) is 13.8 Å². The third kappa shape index (κ3) is 1.11. The minimum Gasteiger partial charge on any atom is -0.373 e. The molecule has 2 nitrogen and oxygen atoms in total. The van der Waals surface area contributed by atoms with Crippen molar-refractivity contribution >= 4 is 0 Å². The molecule has 1 rings (SSSR count). The van der Waals surface area contributed by atoms with Crippen molar-refractivity contribution < 1.29 is 17.9 Å². The zero-order chi connectivity index (χ0) is 9.62. The summed E-state index contributed by atoms with van der Waals surface area (Å²) in [4.78, 5) is 0. The zero-order valence-electron chi connectivity index (χ0n) is 7.03. The molecule has 1 saturated heterocycles. The Kier molecular flexibility index (Phi) is 1.92. The van der Waals surface area contributed by atoms with E-state index in [2.05, 4.69) is 0 Å². The van der Waals surface area contributed by atoms with Gasteiger partial charge < -0.3 is 10.5 Å². The van der Waals surface area contributed by atoms with Crippen molar-refractivity contribution in [1.29, 1.82) is 0 Å². The SMILES string of the molecule is CC1(C)OCCC1(N)C(F)(F)F. The Balaban J connectivity index is 2.98. The van der Waals surface area contributed by atoms with E-state index in [9.17, 15) is 13.2 Å². The molecule has 0 radical (unpaired) electrons. The number of nitrogens with two attached hydrogens (primary N) is 1. The van der Waals surface area contributed by atoms with Crippen LogP contribution in [0.2, 0.25) is 0 Å². The molecule has 12 heavy (non-hydrogen) atoms. The number of ether oxygens (including phenoxy) is 1. The largest absolute Gasteiger partial charge is 0.409 e. The third-order valence-corrected chi connectivity index (χ3v) is 2.54. The quantitative estimate of drug-likeness (QED) is 0.616. The van der Waals surface area contributed by atoms with Crippen LogP contribution in [0.4, 0.5) is 13.2 Å². The van der Waals surface area contributed by atoms with Gasteiger partial charge in [0.25, 0.3) is 0 Å². The van der Waals surface area contributed by atoms with Crippen LogP contribution in [0.1, 0.15) is 20.3 Å². The lowest BCUT2D eigenvalue weighted by Gasteiger charge is -2.37. The summed E-state index contributed by atoms with van der Waals surface area (Å²) in [6, 6.07) is 0. The highest BCUT2D eigenvalue weighted by atomic mass is 19.4. The van der Waals surface area contributed by atoms with Crippen molar-refractivity contribution in [1.82, 2.24) is 0 Å². The Labute approximate surface area is 68.9 Å². The minimum atomic E-state index is -4.40. The molecule has 0 aromatic heterocycles. The molecule has 1 unspecified atom stereocenters. The molecule has 0 spiro atoms. The summed E-state index contributed by atoms with van der Waals surface area (Å²) in [5.41, 5.74) is 1.76. The minimum absolute atomic E-state index is 0.0724. The van der Waals surface area contributed by atoms with E-state index in [0.717, 1.165) is 0 Å². The molecule has 0 saturated carbocycles. The first-order valence-corrected chi connectivity index (χ1v) is 3.70. The number of hydrogen-bond acceptors (Lipinski definition) is 2. The van der Waals surface area contributed by atoms with E-state index in [1.807, 2.05) is 0 Å². The maximum absolute atomic E-state index is 12.4. The number of alkyl halides is 3. The molecule has 1 aliphatic heterocycles. The molecular weight excluding hydrogens is 171 g/mol. The maximum Gasteiger partial charge on any atom is 0.409 e. The highest BCUT2D eigenvalue weighted by molar-refractivity contribution is 5.08. The highest BCUT2D eigenvalue weighted by Crippen LogP contribution is 2.44. The second kappa shape index (κ2) is 2.35. The van der Waals surface area contributed by atoms with Crippen LogP contribution in [0.15, 0.2) is 0 Å². The van der Waals surface area contributed by atoms with Crippen LogP contribution in [0.3, 0.4) is 0 Å². The average molecular weight is 183 g/mol. The second-order valence-corrected chi connectivity index (χ2v) is 3.58. The first kappa shape index (κ1) is 9.80. The molecule has 0 amide bonds. The Bertz CT molecular complexity index is 190. The summed E-state index contributed by atoms with van der Waals surface area (Å²) < 4.78 is 42.2. The van der Waals surface area contributed by atoms with Gasteiger partial charge in [0.05, 0.1) is 5.60 Å². The van der Waals surface area contributed by atoms with Gasteiger partial charge in [-0.25, -0.2) is 0 Å². The van der Waals surface area contributed by atoms with Crippen LogP contribution in [0.25, 0.3) is 0 Å². The van der Waals surface area contributed by atoms with E-state index in [4.69, 9.17) is 10.5 Å². The fourth-order valence-electron chi connectivity index (χ4n) is 1.38. The number of halogens is 3. The Hall–Kier alpha value is -0.290. The van der Waals surface area contributed by atoms with Crippen LogP contribution >= 0.6 is 0 Å². The zero-order valence-corrected chi connectivity index (χ0v) is 7.03. The van der Waals surface area contributed by atoms with Crippen LogP contribution in [0, 0.1) is 0 Å². The van der Waals surface area contributed by atoms with Gasteiger partial charge in [-0.05, 0) is 13.8 Å². The Morgan fingerprint density at radius 1 is 1.33 bits per heavy atom. The normalized spacial score (nSPS) is 35.5. The fraction of sp³-hybridized carbons (Fsp3) is 1.00. The van der Waals surface area contributed by atoms with Gasteiger partial charge in [0.15, 0.2) is 0 Å². The van der Waals surface area contributed by atoms with Gasteiger partial charge in [0.2, 0.25) is 0 Å². The topological polar surface area (TPSA) is 35.2 Å². The first-order chi connectivity index (χ1) is 5.21. The summed E-state index contributed by atoms with van der Waals surface area (Å²) in [6.45, 7) is 2.81. The predicted octanol–water partition coefficient (Wildman–Crippen LogP) is 1.45. The molecule has 5 heteroatoms. The molecular formula is C7H12F3NO. The number of rotatable bonds is 0. The summed E-state index contributed by atoms with van der Waals surface area (Å²) >= 11 is 0. The monoisotopic (exact) mass is 183 g/mol. The first-order valence-electron chi connectivity index (χ1n) is 3.70. The molecule has 1 fully saturated rings. The second-order valence-electron chi connectivity index (χ2n) is 3.58. The van der Waals surface area contributed by atoms with Gasteiger partial charge in [-0.15, -0.1) is 0 Å². The van der Waals surface area contributed by atoms with Crippen molar-refractivity contribution in [2.45, 2.75) is 37.6 Å². The molecule has 72 valence electrons. The van der Waals surface area contributed by atoms with Gasteiger partial charge in [-0.2, -0.15) is 13.2 Å². The summed E-state index contributed by atoms with van der Waals surface area (Å²) in [6.07, 6.45) is -4.56. The lowest BCUT2D eigenvalue weighted by molar-refractivity contribution is -0.215. The molecule has 0 aliphatic carbocycles. The van der Waals surface area contributed by atoms with Crippen molar-refractivity contribution in [2.75, 3.05) is 6.61 Å². The van der Waals surface area contributed by atoms with E-state index < -0.39 is 17.3 Å². The van der Waals surface area contributed by atoms with Gasteiger partial charge in [-0.1, -0.05) is 0 Å². The van der Waals surface area contributed by atoms with E-state index in [0.29, 0.717) is 0 Å². The summed E-state index contributed by atoms with van der Waals surface area (Å²) in [5, 5.41) is 0. The van der Waals surface area contributed by atoms with Crippen LogP contribution < -0.4 is 5.73 Å². The van der Waals surface area contributed by atoms with E-state index in [-0.39, 0.29) is 13.0 Å². The van der Waals surface area contributed by atoms with Crippen molar-refractivity contribution in [2.24, 2.45) is 5.73 Å². The van der Waals surface area contributed by atoms with E-state index in [1.54, 1.807) is 0 Å². The van der Waals surface area contributed by atoms with Crippen molar-refractivity contribution in [3.05, 3.63) is 0 Å². The van der Waals surface area contributed by atoms with Crippen LogP contribution in [0.5, 0.6) is 0 Å². The Morgan fingerprint density at radius 3 is 2.00 bits per heavy atom. The van der Waals surface area contributed by atoms with Gasteiger partial charge in [0, 0.05) is 13.0 Å². The summed E-state index contributed by atoms with van der Waals surface area (Å²) in [7, 11) is 0. The summed E-state index contributed by atoms with van der Waals surface area (Å²) in [5.74, 6) is 0. The highest BCUT2D eigenvalue weighted by Gasteiger charge is 2.63. The fourth-order valence-corrected chi connectivity index (χ4v) is 1.38. The third-order valence-electron chi connectivity index (χ3n) is 2.54. The predicted molar refractivity (Wildman–Crippen MR) is 37.6 cm³/mol. The van der Waals surface area contributed by atoms with Crippen LogP contribution in [-0.2, 0) is 4.74 Å². The van der Waals surface area contributed by atoms with Crippen LogP contribution in [-0.4, -0.2) is 23.9 Å². The standard InChI is InChI=1S/C7H12F3NO/c1-5(2)6(11,3-4-12-5)7(8,9)10/h3-4,11H2,1-2H3. The molecule has 1 atom stereocenters.